The lowest BCUT2D eigenvalue weighted by Gasteiger charge is -2.10. The largest absolute Gasteiger partial charge is 0.389 e. The molecular weight excluding hydrogens is 299 g/mol. The standard InChI is InChI=1S/C14H10ClFN2OS/c15-10-7-8(5-6-11(10)16)14(19)18-12-4-2-1-3-9(12)13(17)20/h1-7H,(H2,17,20)(H,18,19). The first-order chi connectivity index (χ1) is 9.49. The van der Waals surface area contributed by atoms with Crippen molar-refractivity contribution in [2.24, 2.45) is 5.73 Å². The van der Waals surface area contributed by atoms with E-state index in [9.17, 15) is 9.18 Å². The fraction of sp³-hybridized carbons (Fsp3) is 0. The Morgan fingerprint density at radius 1 is 1.25 bits per heavy atom. The highest BCUT2D eigenvalue weighted by atomic mass is 35.5. The molecule has 20 heavy (non-hydrogen) atoms. The monoisotopic (exact) mass is 308 g/mol. The number of carbonyl (C=O) groups excluding carboxylic acids is 1. The number of thiocarbonyl (C=S) groups is 1. The number of hydrogen-bond donors (Lipinski definition) is 2. The summed E-state index contributed by atoms with van der Waals surface area (Å²) in [6.07, 6.45) is 0. The fourth-order valence-electron chi connectivity index (χ4n) is 1.64. The van der Waals surface area contributed by atoms with Gasteiger partial charge in [-0.2, -0.15) is 0 Å². The molecule has 0 aromatic heterocycles. The average molecular weight is 309 g/mol. The summed E-state index contributed by atoms with van der Waals surface area (Å²) < 4.78 is 13.1. The molecule has 2 aromatic rings. The SMILES string of the molecule is NC(=S)c1ccccc1NC(=O)c1ccc(F)c(Cl)c1. The lowest BCUT2D eigenvalue weighted by molar-refractivity contribution is 0.102. The molecule has 0 unspecified atom stereocenters. The van der Waals surface area contributed by atoms with Crippen molar-refractivity contribution in [1.82, 2.24) is 0 Å². The molecule has 3 N–H and O–H groups in total. The van der Waals surface area contributed by atoms with E-state index >= 15 is 0 Å². The highest BCUT2D eigenvalue weighted by Crippen LogP contribution is 2.19. The fourth-order valence-corrected chi connectivity index (χ4v) is 2.00. The quantitative estimate of drug-likeness (QED) is 0.855. The van der Waals surface area contributed by atoms with Gasteiger partial charge in [0.25, 0.3) is 5.91 Å². The Bertz CT molecular complexity index is 691. The molecule has 0 fully saturated rings. The molecular formula is C14H10ClFN2OS. The van der Waals surface area contributed by atoms with E-state index < -0.39 is 11.7 Å². The van der Waals surface area contributed by atoms with Gasteiger partial charge in [0.2, 0.25) is 0 Å². The van der Waals surface area contributed by atoms with Crippen molar-refractivity contribution >= 4 is 40.4 Å². The molecule has 0 aliphatic rings. The summed E-state index contributed by atoms with van der Waals surface area (Å²) in [6.45, 7) is 0. The molecule has 3 nitrogen and oxygen atoms in total. The van der Waals surface area contributed by atoms with E-state index in [0.717, 1.165) is 6.07 Å². The number of nitrogens with two attached hydrogens (primary N) is 1. The second-order valence-corrected chi connectivity index (χ2v) is 4.84. The summed E-state index contributed by atoms with van der Waals surface area (Å²) in [5.74, 6) is -0.998. The van der Waals surface area contributed by atoms with Crippen LogP contribution in [0.1, 0.15) is 15.9 Å². The Labute approximate surface area is 125 Å². The van der Waals surface area contributed by atoms with E-state index in [1.165, 1.54) is 12.1 Å². The van der Waals surface area contributed by atoms with Crippen molar-refractivity contribution in [1.29, 1.82) is 0 Å². The third-order valence-corrected chi connectivity index (χ3v) is 3.13. The number of anilines is 1. The molecule has 0 atom stereocenters. The number of amides is 1. The van der Waals surface area contributed by atoms with Crippen LogP contribution in [0.25, 0.3) is 0 Å². The molecule has 0 bridgehead atoms. The molecule has 0 saturated heterocycles. The van der Waals surface area contributed by atoms with Gasteiger partial charge in [-0.3, -0.25) is 4.79 Å². The molecule has 0 aliphatic carbocycles. The zero-order valence-electron chi connectivity index (χ0n) is 10.2. The van der Waals surface area contributed by atoms with Gasteiger partial charge >= 0.3 is 0 Å². The first kappa shape index (κ1) is 14.4. The number of halogens is 2. The molecule has 0 aliphatic heterocycles. The summed E-state index contributed by atoms with van der Waals surface area (Å²) in [5, 5.41) is 2.56. The maximum absolute atomic E-state index is 13.1. The maximum Gasteiger partial charge on any atom is 0.255 e. The van der Waals surface area contributed by atoms with Crippen LogP contribution < -0.4 is 11.1 Å². The summed E-state index contributed by atoms with van der Waals surface area (Å²) in [7, 11) is 0. The van der Waals surface area contributed by atoms with Crippen molar-refractivity contribution in [2.45, 2.75) is 0 Å². The lowest BCUT2D eigenvalue weighted by Crippen LogP contribution is -2.17. The van der Waals surface area contributed by atoms with Crippen LogP contribution in [0, 0.1) is 5.82 Å². The molecule has 0 saturated carbocycles. The highest BCUT2D eigenvalue weighted by molar-refractivity contribution is 7.80. The Hall–Kier alpha value is -1.98. The van der Waals surface area contributed by atoms with Crippen molar-refractivity contribution in [3.63, 3.8) is 0 Å². The molecule has 6 heteroatoms. The third kappa shape index (κ3) is 3.12. The molecule has 1 amide bonds. The second-order valence-electron chi connectivity index (χ2n) is 3.99. The van der Waals surface area contributed by atoms with E-state index in [4.69, 9.17) is 29.6 Å². The normalized spacial score (nSPS) is 10.1. The summed E-state index contributed by atoms with van der Waals surface area (Å²) >= 11 is 10.6. The van der Waals surface area contributed by atoms with Crippen molar-refractivity contribution < 1.29 is 9.18 Å². The van der Waals surface area contributed by atoms with Gasteiger partial charge in [0.05, 0.1) is 10.7 Å². The van der Waals surface area contributed by atoms with Gasteiger partial charge in [-0.15, -0.1) is 0 Å². The number of rotatable bonds is 3. The van der Waals surface area contributed by atoms with Crippen LogP contribution in [0.2, 0.25) is 5.02 Å². The van der Waals surface area contributed by atoms with Crippen LogP contribution in [-0.2, 0) is 0 Å². The zero-order valence-corrected chi connectivity index (χ0v) is 11.8. The van der Waals surface area contributed by atoms with Crippen LogP contribution in [-0.4, -0.2) is 10.9 Å². The Morgan fingerprint density at radius 3 is 2.60 bits per heavy atom. The first-order valence-electron chi connectivity index (χ1n) is 5.64. The van der Waals surface area contributed by atoms with Gasteiger partial charge in [-0.1, -0.05) is 36.0 Å². The molecule has 2 rings (SSSR count). The van der Waals surface area contributed by atoms with Gasteiger partial charge < -0.3 is 11.1 Å². The van der Waals surface area contributed by atoms with Gasteiger partial charge in [-0.05, 0) is 30.3 Å². The minimum Gasteiger partial charge on any atom is -0.389 e. The van der Waals surface area contributed by atoms with Gasteiger partial charge in [0.1, 0.15) is 10.8 Å². The van der Waals surface area contributed by atoms with E-state index in [2.05, 4.69) is 5.32 Å². The molecule has 0 spiro atoms. The number of hydrogen-bond acceptors (Lipinski definition) is 2. The predicted molar refractivity (Wildman–Crippen MR) is 81.7 cm³/mol. The maximum atomic E-state index is 13.1. The second kappa shape index (κ2) is 5.98. The minimum absolute atomic E-state index is 0.111. The Balaban J connectivity index is 2.28. The van der Waals surface area contributed by atoms with Crippen LogP contribution in [0.5, 0.6) is 0 Å². The average Bonchev–Trinajstić information content (AvgIpc) is 2.42. The van der Waals surface area contributed by atoms with E-state index in [-0.39, 0.29) is 15.6 Å². The molecule has 2 aromatic carbocycles. The molecule has 0 radical (unpaired) electrons. The summed E-state index contributed by atoms with van der Waals surface area (Å²) in [5.41, 5.74) is 6.88. The Morgan fingerprint density at radius 2 is 1.95 bits per heavy atom. The predicted octanol–water partition coefficient (Wildman–Crippen LogP) is 3.37. The van der Waals surface area contributed by atoms with Gasteiger partial charge in [-0.25, -0.2) is 4.39 Å². The van der Waals surface area contributed by atoms with Crippen LogP contribution in [0.4, 0.5) is 10.1 Å². The summed E-state index contributed by atoms with van der Waals surface area (Å²) in [6, 6.07) is 10.6. The van der Waals surface area contributed by atoms with E-state index in [1.54, 1.807) is 24.3 Å². The van der Waals surface area contributed by atoms with Crippen molar-refractivity contribution in [2.75, 3.05) is 5.32 Å². The first-order valence-corrected chi connectivity index (χ1v) is 6.43. The smallest absolute Gasteiger partial charge is 0.255 e. The number of benzene rings is 2. The van der Waals surface area contributed by atoms with E-state index in [1.807, 2.05) is 0 Å². The van der Waals surface area contributed by atoms with Crippen LogP contribution in [0.15, 0.2) is 42.5 Å². The van der Waals surface area contributed by atoms with Crippen molar-refractivity contribution in [3.8, 4) is 0 Å². The van der Waals surface area contributed by atoms with Crippen LogP contribution >= 0.6 is 23.8 Å². The molecule has 102 valence electrons. The zero-order chi connectivity index (χ0) is 14.7. The highest BCUT2D eigenvalue weighted by Gasteiger charge is 2.11. The Kier molecular flexibility index (Phi) is 4.32. The lowest BCUT2D eigenvalue weighted by atomic mass is 10.1. The molecule has 0 heterocycles. The third-order valence-electron chi connectivity index (χ3n) is 2.62. The van der Waals surface area contributed by atoms with Gasteiger partial charge in [0, 0.05) is 11.1 Å². The number of para-hydroxylation sites is 1. The number of nitrogens with one attached hydrogen (secondary N) is 1. The van der Waals surface area contributed by atoms with Crippen LogP contribution in [0.3, 0.4) is 0 Å². The van der Waals surface area contributed by atoms with Gasteiger partial charge in [0.15, 0.2) is 0 Å². The minimum atomic E-state index is -0.577. The van der Waals surface area contributed by atoms with E-state index in [0.29, 0.717) is 11.3 Å². The van der Waals surface area contributed by atoms with Crippen molar-refractivity contribution in [3.05, 3.63) is 64.4 Å². The topological polar surface area (TPSA) is 55.1 Å². The number of carbonyl (C=O) groups is 1. The summed E-state index contributed by atoms with van der Waals surface area (Å²) in [4.78, 5) is 12.3.